The number of carbonyl (C=O) groups excluding carboxylic acids is 1. The Hall–Kier alpha value is -0.620. The Morgan fingerprint density at radius 3 is 2.62 bits per heavy atom. The molecule has 0 aromatic heterocycles. The summed E-state index contributed by atoms with van der Waals surface area (Å²) in [6.45, 7) is 3.26. The van der Waals surface area contributed by atoms with E-state index in [1.54, 1.807) is 0 Å². The van der Waals surface area contributed by atoms with E-state index in [4.69, 9.17) is 4.74 Å². The van der Waals surface area contributed by atoms with Crippen LogP contribution in [0, 0.1) is 3.57 Å². The molecule has 0 radical (unpaired) electrons. The van der Waals surface area contributed by atoms with Crippen LogP contribution in [0.1, 0.15) is 19.8 Å². The fourth-order valence-corrected chi connectivity index (χ4v) is 1.53. The predicted molar refractivity (Wildman–Crippen MR) is 73.5 cm³/mol. The standard InChI is InChI=1S/C12H16INO2/c1-2-8-16-9-7-12(15)14-11-5-3-10(13)4-6-11/h3-6H,2,7-9H2,1H3,(H,14,15). The number of benzene rings is 1. The van der Waals surface area contributed by atoms with Crippen LogP contribution in [0.4, 0.5) is 5.69 Å². The summed E-state index contributed by atoms with van der Waals surface area (Å²) in [7, 11) is 0. The van der Waals surface area contributed by atoms with E-state index in [-0.39, 0.29) is 5.91 Å². The van der Waals surface area contributed by atoms with Crippen molar-refractivity contribution in [2.45, 2.75) is 19.8 Å². The highest BCUT2D eigenvalue weighted by Crippen LogP contribution is 2.11. The number of amides is 1. The van der Waals surface area contributed by atoms with Crippen LogP contribution in [-0.2, 0) is 9.53 Å². The number of ether oxygens (including phenoxy) is 1. The van der Waals surface area contributed by atoms with Crippen molar-refractivity contribution < 1.29 is 9.53 Å². The second-order valence-corrected chi connectivity index (χ2v) is 4.66. The van der Waals surface area contributed by atoms with E-state index in [0.29, 0.717) is 13.0 Å². The summed E-state index contributed by atoms with van der Waals surface area (Å²) >= 11 is 2.23. The smallest absolute Gasteiger partial charge is 0.226 e. The Bertz CT molecular complexity index is 324. The van der Waals surface area contributed by atoms with Crippen molar-refractivity contribution in [2.24, 2.45) is 0 Å². The van der Waals surface area contributed by atoms with E-state index in [2.05, 4.69) is 27.9 Å². The molecule has 0 saturated heterocycles. The minimum absolute atomic E-state index is 0.00249. The Balaban J connectivity index is 2.26. The highest BCUT2D eigenvalue weighted by atomic mass is 127. The molecule has 1 rings (SSSR count). The lowest BCUT2D eigenvalue weighted by atomic mass is 10.3. The second kappa shape index (κ2) is 7.62. The fraction of sp³-hybridized carbons (Fsp3) is 0.417. The van der Waals surface area contributed by atoms with Crippen LogP contribution in [-0.4, -0.2) is 19.1 Å². The molecule has 0 aliphatic heterocycles. The van der Waals surface area contributed by atoms with E-state index >= 15 is 0 Å². The topological polar surface area (TPSA) is 38.3 Å². The van der Waals surface area contributed by atoms with Gasteiger partial charge in [-0.1, -0.05) is 6.92 Å². The van der Waals surface area contributed by atoms with Crippen molar-refractivity contribution >= 4 is 34.2 Å². The first kappa shape index (κ1) is 13.4. The van der Waals surface area contributed by atoms with Gasteiger partial charge in [-0.2, -0.15) is 0 Å². The number of hydrogen-bond donors (Lipinski definition) is 1. The first-order valence-corrected chi connectivity index (χ1v) is 6.43. The first-order valence-electron chi connectivity index (χ1n) is 5.35. The summed E-state index contributed by atoms with van der Waals surface area (Å²) in [5.74, 6) is -0.00249. The third-order valence-corrected chi connectivity index (χ3v) is 2.67. The maximum absolute atomic E-state index is 11.5. The van der Waals surface area contributed by atoms with Crippen LogP contribution in [0.3, 0.4) is 0 Å². The average Bonchev–Trinajstić information content (AvgIpc) is 2.28. The largest absolute Gasteiger partial charge is 0.381 e. The predicted octanol–water partition coefficient (Wildman–Crippen LogP) is 3.05. The van der Waals surface area contributed by atoms with Crippen LogP contribution >= 0.6 is 22.6 Å². The summed E-state index contributed by atoms with van der Waals surface area (Å²) in [6, 6.07) is 7.71. The van der Waals surface area contributed by atoms with Crippen molar-refractivity contribution in [3.63, 3.8) is 0 Å². The zero-order valence-corrected chi connectivity index (χ0v) is 11.5. The van der Waals surface area contributed by atoms with Gasteiger partial charge in [-0.25, -0.2) is 0 Å². The lowest BCUT2D eigenvalue weighted by Crippen LogP contribution is -2.14. The van der Waals surface area contributed by atoms with Crippen molar-refractivity contribution in [1.82, 2.24) is 0 Å². The Kier molecular flexibility index (Phi) is 6.40. The molecule has 0 heterocycles. The van der Waals surface area contributed by atoms with Gasteiger partial charge in [0.1, 0.15) is 0 Å². The first-order chi connectivity index (χ1) is 7.72. The van der Waals surface area contributed by atoms with Crippen LogP contribution in [0.2, 0.25) is 0 Å². The second-order valence-electron chi connectivity index (χ2n) is 3.42. The minimum Gasteiger partial charge on any atom is -0.381 e. The summed E-state index contributed by atoms with van der Waals surface area (Å²) in [6.07, 6.45) is 1.39. The molecule has 0 unspecified atom stereocenters. The molecule has 0 atom stereocenters. The van der Waals surface area contributed by atoms with Crippen molar-refractivity contribution in [3.05, 3.63) is 27.8 Å². The van der Waals surface area contributed by atoms with Gasteiger partial charge < -0.3 is 10.1 Å². The van der Waals surface area contributed by atoms with Crippen molar-refractivity contribution in [1.29, 1.82) is 0 Å². The van der Waals surface area contributed by atoms with Crippen LogP contribution in [0.25, 0.3) is 0 Å². The lowest BCUT2D eigenvalue weighted by molar-refractivity contribution is -0.117. The molecular weight excluding hydrogens is 317 g/mol. The highest BCUT2D eigenvalue weighted by Gasteiger charge is 2.01. The molecule has 1 aromatic rings. The highest BCUT2D eigenvalue weighted by molar-refractivity contribution is 14.1. The van der Waals surface area contributed by atoms with Gasteiger partial charge in [0.15, 0.2) is 0 Å². The fourth-order valence-electron chi connectivity index (χ4n) is 1.17. The normalized spacial score (nSPS) is 10.1. The van der Waals surface area contributed by atoms with Gasteiger partial charge in [0.05, 0.1) is 13.0 Å². The summed E-state index contributed by atoms with van der Waals surface area (Å²) in [5, 5.41) is 2.82. The third-order valence-electron chi connectivity index (χ3n) is 1.95. The maximum Gasteiger partial charge on any atom is 0.226 e. The van der Waals surface area contributed by atoms with Gasteiger partial charge in [0, 0.05) is 15.9 Å². The van der Waals surface area contributed by atoms with Gasteiger partial charge in [-0.05, 0) is 53.3 Å². The van der Waals surface area contributed by atoms with Gasteiger partial charge in [-0.3, -0.25) is 4.79 Å². The van der Waals surface area contributed by atoms with E-state index < -0.39 is 0 Å². The van der Waals surface area contributed by atoms with E-state index in [9.17, 15) is 4.79 Å². The number of halogens is 1. The molecule has 0 saturated carbocycles. The molecule has 1 N–H and O–H groups in total. The summed E-state index contributed by atoms with van der Waals surface area (Å²) in [4.78, 5) is 11.5. The molecule has 3 nitrogen and oxygen atoms in total. The monoisotopic (exact) mass is 333 g/mol. The number of rotatable bonds is 6. The Morgan fingerprint density at radius 1 is 1.31 bits per heavy atom. The van der Waals surface area contributed by atoms with Gasteiger partial charge >= 0.3 is 0 Å². The molecule has 0 fully saturated rings. The average molecular weight is 333 g/mol. The van der Waals surface area contributed by atoms with Crippen LogP contribution in [0.15, 0.2) is 24.3 Å². The molecule has 1 amide bonds. The SMILES string of the molecule is CCCOCCC(=O)Nc1ccc(I)cc1. The Morgan fingerprint density at radius 2 is 2.00 bits per heavy atom. The zero-order valence-electron chi connectivity index (χ0n) is 9.33. The molecule has 88 valence electrons. The van der Waals surface area contributed by atoms with Gasteiger partial charge in [0.25, 0.3) is 0 Å². The van der Waals surface area contributed by atoms with E-state index in [0.717, 1.165) is 22.3 Å². The van der Waals surface area contributed by atoms with E-state index in [1.165, 1.54) is 0 Å². The van der Waals surface area contributed by atoms with Crippen LogP contribution in [0.5, 0.6) is 0 Å². The minimum atomic E-state index is -0.00249. The third kappa shape index (κ3) is 5.46. The van der Waals surface area contributed by atoms with Gasteiger partial charge in [0.2, 0.25) is 5.91 Å². The number of carbonyl (C=O) groups is 1. The molecule has 4 heteroatoms. The molecule has 0 aliphatic carbocycles. The quantitative estimate of drug-likeness (QED) is 0.642. The molecule has 0 spiro atoms. The number of anilines is 1. The Labute approximate surface area is 110 Å². The molecule has 1 aromatic carbocycles. The molecule has 16 heavy (non-hydrogen) atoms. The molecule has 0 aliphatic rings. The summed E-state index contributed by atoms with van der Waals surface area (Å²) < 4.78 is 6.40. The van der Waals surface area contributed by atoms with Crippen LogP contribution < -0.4 is 5.32 Å². The van der Waals surface area contributed by atoms with E-state index in [1.807, 2.05) is 31.2 Å². The summed E-state index contributed by atoms with van der Waals surface area (Å²) in [5.41, 5.74) is 0.834. The lowest BCUT2D eigenvalue weighted by Gasteiger charge is -2.05. The van der Waals surface area contributed by atoms with Gasteiger partial charge in [-0.15, -0.1) is 0 Å². The molecule has 0 bridgehead atoms. The molecular formula is C12H16INO2. The number of nitrogens with one attached hydrogen (secondary N) is 1. The zero-order chi connectivity index (χ0) is 11.8. The van der Waals surface area contributed by atoms with Crippen molar-refractivity contribution in [3.8, 4) is 0 Å². The number of hydrogen-bond acceptors (Lipinski definition) is 2. The maximum atomic E-state index is 11.5. The van der Waals surface area contributed by atoms with Crippen molar-refractivity contribution in [2.75, 3.05) is 18.5 Å².